The van der Waals surface area contributed by atoms with Gasteiger partial charge in [-0.05, 0) is 80.3 Å². The van der Waals surface area contributed by atoms with Crippen LogP contribution in [0.15, 0.2) is 47.4 Å². The number of aromatic nitrogens is 4. The minimum absolute atomic E-state index is 0.248. The molecule has 1 aromatic carbocycles. The summed E-state index contributed by atoms with van der Waals surface area (Å²) in [6.07, 6.45) is 6.38. The number of anilines is 4. The maximum atomic E-state index is 15.3. The van der Waals surface area contributed by atoms with Crippen LogP contribution >= 0.6 is 0 Å². The molecule has 230 valence electrons. The number of piperazine rings is 1. The molecule has 44 heavy (non-hydrogen) atoms. The zero-order valence-corrected chi connectivity index (χ0v) is 25.4. The van der Waals surface area contributed by atoms with Crippen molar-refractivity contribution in [3.63, 3.8) is 0 Å². The Balaban J connectivity index is 1.18. The van der Waals surface area contributed by atoms with E-state index in [9.17, 15) is 9.90 Å². The van der Waals surface area contributed by atoms with E-state index in [0.717, 1.165) is 57.9 Å². The van der Waals surface area contributed by atoms with Gasteiger partial charge in [-0.3, -0.25) is 4.79 Å². The van der Waals surface area contributed by atoms with Crippen LogP contribution in [0.1, 0.15) is 35.4 Å². The first-order chi connectivity index (χ1) is 21.4. The summed E-state index contributed by atoms with van der Waals surface area (Å²) < 4.78 is 19.2. The number of rotatable bonds is 6. The Morgan fingerprint density at radius 3 is 2.50 bits per heavy atom. The molecule has 0 unspecified atom stereocenters. The highest BCUT2D eigenvalue weighted by Gasteiger charge is 2.26. The van der Waals surface area contributed by atoms with Crippen LogP contribution in [0.25, 0.3) is 11.1 Å². The van der Waals surface area contributed by atoms with Crippen molar-refractivity contribution < 1.29 is 9.50 Å². The van der Waals surface area contributed by atoms with E-state index in [4.69, 9.17) is 0 Å². The average Bonchev–Trinajstić information content (AvgIpc) is 3.41. The zero-order valence-electron chi connectivity index (χ0n) is 25.4. The van der Waals surface area contributed by atoms with Gasteiger partial charge in [0.25, 0.3) is 5.56 Å². The predicted molar refractivity (Wildman–Crippen MR) is 170 cm³/mol. The van der Waals surface area contributed by atoms with E-state index >= 15 is 4.39 Å². The molecule has 0 amide bonds. The molecule has 11 heteroatoms. The van der Waals surface area contributed by atoms with Crippen molar-refractivity contribution in [1.29, 1.82) is 0 Å². The molecular weight excluding hydrogens is 559 g/mol. The van der Waals surface area contributed by atoms with Crippen LogP contribution in [0.5, 0.6) is 0 Å². The number of fused-ring (bicyclic) bond motifs is 3. The van der Waals surface area contributed by atoms with Gasteiger partial charge in [0.2, 0.25) is 0 Å². The van der Waals surface area contributed by atoms with Crippen LogP contribution < -0.4 is 20.7 Å². The summed E-state index contributed by atoms with van der Waals surface area (Å²) in [6, 6.07) is 10.7. The Morgan fingerprint density at radius 1 is 0.932 bits per heavy atom. The number of halogens is 1. The van der Waals surface area contributed by atoms with Crippen molar-refractivity contribution in [2.45, 2.75) is 45.4 Å². The highest BCUT2D eigenvalue weighted by Crippen LogP contribution is 2.36. The molecular formula is C33H39FN8O2. The predicted octanol–water partition coefficient (Wildman–Crippen LogP) is 3.67. The number of hydrogen-bond donors (Lipinski definition) is 2. The third kappa shape index (κ3) is 5.35. The monoisotopic (exact) mass is 598 g/mol. The Morgan fingerprint density at radius 2 is 1.73 bits per heavy atom. The van der Waals surface area contributed by atoms with E-state index in [2.05, 4.69) is 47.9 Å². The van der Waals surface area contributed by atoms with Gasteiger partial charge in [0, 0.05) is 80.7 Å². The molecule has 2 N–H and O–H groups in total. The molecule has 0 saturated carbocycles. The molecule has 10 nitrogen and oxygen atoms in total. The number of hydrogen-bond acceptors (Lipinski definition) is 8. The Labute approximate surface area is 256 Å². The van der Waals surface area contributed by atoms with E-state index in [0.29, 0.717) is 40.4 Å². The lowest BCUT2D eigenvalue weighted by molar-refractivity contribution is 0.282. The third-order valence-corrected chi connectivity index (χ3v) is 9.36. The Bertz CT molecular complexity index is 1740. The van der Waals surface area contributed by atoms with Crippen molar-refractivity contribution in [1.82, 2.24) is 24.2 Å². The second kappa shape index (κ2) is 11.7. The second-order valence-electron chi connectivity index (χ2n) is 12.2. The van der Waals surface area contributed by atoms with Gasteiger partial charge in [-0.15, -0.1) is 10.2 Å². The normalized spacial score (nSPS) is 17.0. The summed E-state index contributed by atoms with van der Waals surface area (Å²) in [5, 5.41) is 22.5. The number of benzene rings is 1. The molecule has 5 heterocycles. The molecule has 7 rings (SSSR count). The van der Waals surface area contributed by atoms with Gasteiger partial charge in [0.05, 0.1) is 13.2 Å². The average molecular weight is 599 g/mol. The van der Waals surface area contributed by atoms with Gasteiger partial charge in [0.1, 0.15) is 11.5 Å². The van der Waals surface area contributed by atoms with Crippen LogP contribution in [0.2, 0.25) is 0 Å². The molecule has 0 radical (unpaired) electrons. The van der Waals surface area contributed by atoms with Gasteiger partial charge in [-0.2, -0.15) is 0 Å². The number of aryl methyl sites for hydroxylation is 2. The standard InChI is InChI=1S/C33H39FN8O2/c1-38-9-11-40(12-10-38)32-8-7-31(36-37-32)35-28-16-23(19-39(2)33(28)44)26-17-24(34)18-30(27(26)21-43)41-13-14-42-25(20-41)15-22-5-3-4-6-29(22)42/h7-8,15-19,43H,3-6,9-14,20-21H2,1-2H3,(H,35,36). The second-order valence-corrected chi connectivity index (χ2v) is 12.2. The Kier molecular flexibility index (Phi) is 7.59. The van der Waals surface area contributed by atoms with Gasteiger partial charge in [0.15, 0.2) is 11.6 Å². The van der Waals surface area contributed by atoms with Crippen LogP contribution in [0.4, 0.5) is 27.4 Å². The smallest absolute Gasteiger partial charge is 0.274 e. The fourth-order valence-corrected chi connectivity index (χ4v) is 6.95. The number of aliphatic hydroxyl groups is 1. The van der Waals surface area contributed by atoms with Crippen molar-refractivity contribution in [2.75, 3.05) is 54.9 Å². The molecule has 0 atom stereocenters. The largest absolute Gasteiger partial charge is 0.392 e. The minimum atomic E-state index is -0.388. The van der Waals surface area contributed by atoms with Crippen LogP contribution in [0, 0.1) is 5.82 Å². The maximum absolute atomic E-state index is 15.3. The summed E-state index contributed by atoms with van der Waals surface area (Å²) in [4.78, 5) is 19.8. The molecule has 4 aromatic rings. The molecule has 1 saturated heterocycles. The summed E-state index contributed by atoms with van der Waals surface area (Å²) in [7, 11) is 3.77. The first-order valence-corrected chi connectivity index (χ1v) is 15.5. The minimum Gasteiger partial charge on any atom is -0.392 e. The molecule has 0 spiro atoms. The molecule has 1 aliphatic carbocycles. The molecule has 1 fully saturated rings. The quantitative estimate of drug-likeness (QED) is 0.347. The van der Waals surface area contributed by atoms with Crippen LogP contribution in [0.3, 0.4) is 0 Å². The van der Waals surface area contributed by atoms with Gasteiger partial charge in [-0.25, -0.2) is 4.39 Å². The number of nitrogens with one attached hydrogen (secondary N) is 1. The van der Waals surface area contributed by atoms with E-state index in [1.54, 1.807) is 19.3 Å². The fourth-order valence-electron chi connectivity index (χ4n) is 6.95. The summed E-state index contributed by atoms with van der Waals surface area (Å²) in [6.45, 7) is 5.67. The Hall–Kier alpha value is -4.22. The van der Waals surface area contributed by atoms with Crippen molar-refractivity contribution in [3.05, 3.63) is 81.3 Å². The van der Waals surface area contributed by atoms with Crippen LogP contribution in [-0.4, -0.2) is 69.1 Å². The van der Waals surface area contributed by atoms with Gasteiger partial charge in [-0.1, -0.05) is 0 Å². The SMILES string of the molecule is CN1CCN(c2ccc(Nc3cc(-c4cc(F)cc(N5CCn6c(cc7c6CCCC7)C5)c4CO)cn(C)c3=O)nn2)CC1. The lowest BCUT2D eigenvalue weighted by Gasteiger charge is -2.33. The van der Waals surface area contributed by atoms with E-state index in [1.807, 2.05) is 12.1 Å². The van der Waals surface area contributed by atoms with E-state index < -0.39 is 0 Å². The third-order valence-electron chi connectivity index (χ3n) is 9.36. The highest BCUT2D eigenvalue weighted by atomic mass is 19.1. The number of nitrogens with zero attached hydrogens (tertiary/aromatic N) is 7. The number of aliphatic hydroxyl groups excluding tert-OH is 1. The van der Waals surface area contributed by atoms with Crippen molar-refractivity contribution in [3.8, 4) is 11.1 Å². The molecule has 3 aromatic heterocycles. The van der Waals surface area contributed by atoms with Gasteiger partial charge >= 0.3 is 0 Å². The summed E-state index contributed by atoms with van der Waals surface area (Å²) >= 11 is 0. The highest BCUT2D eigenvalue weighted by molar-refractivity contribution is 5.77. The van der Waals surface area contributed by atoms with Gasteiger partial charge < -0.3 is 34.3 Å². The van der Waals surface area contributed by atoms with Crippen molar-refractivity contribution >= 4 is 23.0 Å². The topological polar surface area (TPSA) is 94.7 Å². The molecule has 3 aliphatic rings. The van der Waals surface area contributed by atoms with Crippen molar-refractivity contribution in [2.24, 2.45) is 7.05 Å². The fraction of sp³-hybridized carbons (Fsp3) is 0.424. The first kappa shape index (κ1) is 28.5. The molecule has 2 aliphatic heterocycles. The number of pyridine rings is 1. The first-order valence-electron chi connectivity index (χ1n) is 15.5. The lowest BCUT2D eigenvalue weighted by atomic mass is 9.98. The van der Waals surface area contributed by atoms with Crippen LogP contribution in [-0.2, 0) is 39.6 Å². The summed E-state index contributed by atoms with van der Waals surface area (Å²) in [5.41, 5.74) is 6.68. The zero-order chi connectivity index (χ0) is 30.4. The maximum Gasteiger partial charge on any atom is 0.274 e. The van der Waals surface area contributed by atoms with E-state index in [-0.39, 0.29) is 18.0 Å². The summed E-state index contributed by atoms with van der Waals surface area (Å²) in [5.74, 6) is 0.856. The lowest BCUT2D eigenvalue weighted by Crippen LogP contribution is -2.44. The van der Waals surface area contributed by atoms with E-state index in [1.165, 1.54) is 46.5 Å². The number of likely N-dealkylation sites (N-methyl/N-ethyl adjacent to an activating group) is 1. The molecule has 0 bridgehead atoms.